The number of hydrogen-bond acceptors (Lipinski definition) is 6. The van der Waals surface area contributed by atoms with E-state index in [0.29, 0.717) is 22.7 Å². The lowest BCUT2D eigenvalue weighted by Gasteiger charge is -2.02. The van der Waals surface area contributed by atoms with Gasteiger partial charge < -0.3 is 9.15 Å². The monoisotopic (exact) mass is 366 g/mol. The van der Waals surface area contributed by atoms with Crippen molar-refractivity contribution in [2.75, 3.05) is 11.9 Å². The van der Waals surface area contributed by atoms with Crippen molar-refractivity contribution in [1.82, 2.24) is 4.98 Å². The molecule has 0 saturated heterocycles. The van der Waals surface area contributed by atoms with Gasteiger partial charge in [0.05, 0.1) is 22.2 Å². The van der Waals surface area contributed by atoms with Crippen molar-refractivity contribution in [3.8, 4) is 5.75 Å². The highest BCUT2D eigenvalue weighted by molar-refractivity contribution is 7.22. The molecule has 2 heterocycles. The number of carbonyl (C=O) groups excluding carboxylic acids is 1. The van der Waals surface area contributed by atoms with E-state index in [-0.39, 0.29) is 11.2 Å². The van der Waals surface area contributed by atoms with Gasteiger partial charge in [-0.2, -0.15) is 0 Å². The first kappa shape index (κ1) is 16.3. The molecule has 4 aromatic rings. The number of anilines is 1. The summed E-state index contributed by atoms with van der Waals surface area (Å²) in [4.78, 5) is 29.0. The summed E-state index contributed by atoms with van der Waals surface area (Å²) in [6.07, 6.45) is 0. The number of nitrogens with zero attached hydrogens (tertiary/aromatic N) is 1. The van der Waals surface area contributed by atoms with Gasteiger partial charge in [-0.3, -0.25) is 14.9 Å². The topological polar surface area (TPSA) is 81.4 Å². The largest absolute Gasteiger partial charge is 0.494 e. The number of rotatable bonds is 4. The molecule has 0 aliphatic carbocycles. The highest BCUT2D eigenvalue weighted by atomic mass is 32.1. The van der Waals surface area contributed by atoms with Crippen molar-refractivity contribution in [2.24, 2.45) is 0 Å². The highest BCUT2D eigenvalue weighted by Gasteiger charge is 2.15. The minimum atomic E-state index is -0.517. The van der Waals surface area contributed by atoms with Crippen molar-refractivity contribution in [2.45, 2.75) is 6.92 Å². The van der Waals surface area contributed by atoms with Gasteiger partial charge in [0.2, 0.25) is 0 Å². The Hall–Kier alpha value is -3.19. The summed E-state index contributed by atoms with van der Waals surface area (Å²) < 4.78 is 11.9. The van der Waals surface area contributed by atoms with Crippen LogP contribution in [-0.4, -0.2) is 17.5 Å². The van der Waals surface area contributed by atoms with Gasteiger partial charge in [0.15, 0.2) is 16.3 Å². The van der Waals surface area contributed by atoms with Gasteiger partial charge in [-0.1, -0.05) is 23.5 Å². The Kier molecular flexibility index (Phi) is 4.14. The fourth-order valence-electron chi connectivity index (χ4n) is 2.59. The summed E-state index contributed by atoms with van der Waals surface area (Å²) in [7, 11) is 0. The molecule has 0 spiro atoms. The summed E-state index contributed by atoms with van der Waals surface area (Å²) in [5.41, 5.74) is 0.868. The lowest BCUT2D eigenvalue weighted by molar-refractivity contribution is 0.0997. The van der Waals surface area contributed by atoms with E-state index >= 15 is 0 Å². The number of ether oxygens (including phenoxy) is 1. The molecule has 4 rings (SSSR count). The molecule has 0 bridgehead atoms. The summed E-state index contributed by atoms with van der Waals surface area (Å²) in [5.74, 6) is 0.182. The maximum absolute atomic E-state index is 12.5. The molecule has 2 aromatic carbocycles. The molecule has 0 aliphatic heterocycles. The van der Waals surface area contributed by atoms with E-state index in [9.17, 15) is 9.59 Å². The van der Waals surface area contributed by atoms with Crippen LogP contribution in [0.2, 0.25) is 0 Å². The van der Waals surface area contributed by atoms with Crippen LogP contribution in [0.15, 0.2) is 57.7 Å². The van der Waals surface area contributed by atoms with Crippen LogP contribution in [-0.2, 0) is 0 Å². The third kappa shape index (κ3) is 3.04. The second-order valence-electron chi connectivity index (χ2n) is 5.51. The van der Waals surface area contributed by atoms with Crippen molar-refractivity contribution in [3.63, 3.8) is 0 Å². The third-order valence-corrected chi connectivity index (χ3v) is 4.68. The Bertz CT molecular complexity index is 1180. The molecule has 2 aromatic heterocycles. The van der Waals surface area contributed by atoms with Crippen LogP contribution in [0.25, 0.3) is 21.2 Å². The van der Waals surface area contributed by atoms with E-state index in [1.807, 2.05) is 25.1 Å². The van der Waals surface area contributed by atoms with Gasteiger partial charge in [-0.05, 0) is 37.3 Å². The number of nitrogens with one attached hydrogen (secondary N) is 1. The third-order valence-electron chi connectivity index (χ3n) is 3.75. The number of benzene rings is 2. The van der Waals surface area contributed by atoms with Crippen LogP contribution in [0.5, 0.6) is 5.75 Å². The van der Waals surface area contributed by atoms with Crippen LogP contribution in [0, 0.1) is 0 Å². The molecule has 0 aliphatic rings. The summed E-state index contributed by atoms with van der Waals surface area (Å²) in [6, 6.07) is 13.5. The Balaban J connectivity index is 1.63. The Morgan fingerprint density at radius 3 is 2.92 bits per heavy atom. The van der Waals surface area contributed by atoms with Crippen LogP contribution in [0.1, 0.15) is 17.5 Å². The summed E-state index contributed by atoms with van der Waals surface area (Å²) >= 11 is 1.33. The predicted molar refractivity (Wildman–Crippen MR) is 101 cm³/mol. The van der Waals surface area contributed by atoms with E-state index in [2.05, 4.69) is 10.3 Å². The zero-order chi connectivity index (χ0) is 18.1. The van der Waals surface area contributed by atoms with E-state index in [4.69, 9.17) is 9.15 Å². The SMILES string of the molecule is CCOc1ccc2nc(NC(=O)c3cc(=O)c4ccccc4o3)sc2c1. The number of amides is 1. The normalized spacial score (nSPS) is 11.0. The van der Waals surface area contributed by atoms with Crippen molar-refractivity contribution in [3.05, 3.63) is 64.5 Å². The average molecular weight is 366 g/mol. The molecule has 1 amide bonds. The summed E-state index contributed by atoms with van der Waals surface area (Å²) in [5, 5.41) is 3.55. The molecule has 26 heavy (non-hydrogen) atoms. The Morgan fingerprint density at radius 2 is 2.08 bits per heavy atom. The molecule has 0 atom stereocenters. The lowest BCUT2D eigenvalue weighted by Crippen LogP contribution is -2.14. The van der Waals surface area contributed by atoms with Crippen molar-refractivity contribution < 1.29 is 13.9 Å². The molecule has 130 valence electrons. The fourth-order valence-corrected chi connectivity index (χ4v) is 3.48. The van der Waals surface area contributed by atoms with Crippen LogP contribution in [0.4, 0.5) is 5.13 Å². The first-order valence-corrected chi connectivity index (χ1v) is 8.83. The van der Waals surface area contributed by atoms with Crippen LogP contribution >= 0.6 is 11.3 Å². The molecule has 6 nitrogen and oxygen atoms in total. The molecule has 1 N–H and O–H groups in total. The second-order valence-corrected chi connectivity index (χ2v) is 6.54. The van der Waals surface area contributed by atoms with Gasteiger partial charge in [0, 0.05) is 6.07 Å². The first-order chi connectivity index (χ1) is 12.6. The number of carbonyl (C=O) groups is 1. The van der Waals surface area contributed by atoms with Crippen molar-refractivity contribution >= 4 is 43.6 Å². The average Bonchev–Trinajstić information content (AvgIpc) is 3.03. The lowest BCUT2D eigenvalue weighted by atomic mass is 10.2. The molecule has 0 radical (unpaired) electrons. The van der Waals surface area contributed by atoms with Crippen LogP contribution < -0.4 is 15.5 Å². The maximum atomic E-state index is 12.5. The maximum Gasteiger partial charge on any atom is 0.293 e. The van der Waals surface area contributed by atoms with E-state index in [0.717, 1.165) is 16.0 Å². The first-order valence-electron chi connectivity index (χ1n) is 8.01. The van der Waals surface area contributed by atoms with Gasteiger partial charge >= 0.3 is 0 Å². The summed E-state index contributed by atoms with van der Waals surface area (Å²) in [6.45, 7) is 2.49. The van der Waals surface area contributed by atoms with E-state index in [1.54, 1.807) is 24.3 Å². The molecular formula is C19H14N2O4S. The number of hydrogen-bond donors (Lipinski definition) is 1. The van der Waals surface area contributed by atoms with E-state index < -0.39 is 5.91 Å². The van der Waals surface area contributed by atoms with Gasteiger partial charge in [-0.25, -0.2) is 4.98 Å². The minimum Gasteiger partial charge on any atom is -0.494 e. The minimum absolute atomic E-state index is 0.0528. The van der Waals surface area contributed by atoms with Crippen molar-refractivity contribution in [1.29, 1.82) is 0 Å². The van der Waals surface area contributed by atoms with Gasteiger partial charge in [-0.15, -0.1) is 0 Å². The number of aromatic nitrogens is 1. The number of thiazole rings is 1. The van der Waals surface area contributed by atoms with E-state index in [1.165, 1.54) is 17.4 Å². The molecule has 0 saturated carbocycles. The predicted octanol–water partition coefficient (Wildman–Crippen LogP) is 4.05. The highest BCUT2D eigenvalue weighted by Crippen LogP contribution is 2.29. The fraction of sp³-hybridized carbons (Fsp3) is 0.105. The molecule has 0 unspecified atom stereocenters. The quantitative estimate of drug-likeness (QED) is 0.589. The van der Waals surface area contributed by atoms with Gasteiger partial charge in [0.1, 0.15) is 11.3 Å². The number of para-hydroxylation sites is 1. The molecule has 7 heteroatoms. The van der Waals surface area contributed by atoms with Crippen LogP contribution in [0.3, 0.4) is 0 Å². The Morgan fingerprint density at radius 1 is 1.23 bits per heavy atom. The standard InChI is InChI=1S/C19H14N2O4S/c1-2-24-11-7-8-13-17(9-11)26-19(20-13)21-18(23)16-10-14(22)12-5-3-4-6-15(12)25-16/h3-10H,2H2,1H3,(H,20,21,23). The second kappa shape index (κ2) is 6.61. The Labute approximate surface area is 152 Å². The van der Waals surface area contributed by atoms with Gasteiger partial charge in [0.25, 0.3) is 5.91 Å². The zero-order valence-electron chi connectivity index (χ0n) is 13.8. The number of fused-ring (bicyclic) bond motifs is 2. The zero-order valence-corrected chi connectivity index (χ0v) is 14.6. The molecule has 0 fully saturated rings. The molecular weight excluding hydrogens is 352 g/mol. The smallest absolute Gasteiger partial charge is 0.293 e.